The number of phenolic OH excluding ortho intramolecular Hbond substituents is 6. The molecule has 0 unspecified atom stereocenters. The van der Waals surface area contributed by atoms with Gasteiger partial charge in [-0.2, -0.15) is 0 Å². The van der Waals surface area contributed by atoms with Crippen LogP contribution in [-0.4, -0.2) is 30.6 Å². The van der Waals surface area contributed by atoms with E-state index in [1.54, 1.807) is 146 Å². The van der Waals surface area contributed by atoms with Crippen LogP contribution in [0.25, 0.3) is 0 Å². The molecule has 0 amide bonds. The lowest BCUT2D eigenvalue weighted by Gasteiger charge is -1.82. The van der Waals surface area contributed by atoms with Crippen LogP contribution in [0.3, 0.4) is 0 Å². The van der Waals surface area contributed by atoms with Crippen LogP contribution in [0.15, 0.2) is 218 Å². The minimum Gasteiger partial charge on any atom is -0.508 e. The molecule has 0 aliphatic rings. The average molecular weight is 643 g/mol. The lowest BCUT2D eigenvalue weighted by atomic mass is 10.3. The SMILES string of the molecule is Oc1ccccc1.Oc1ccccc1.Oc1ccccc1.Oc1ccccc1.Oc1ccccc1.Oc1ccccc1.c1ccccc1. The lowest BCUT2D eigenvalue weighted by Crippen LogP contribution is -1.56. The fourth-order valence-electron chi connectivity index (χ4n) is 2.95. The van der Waals surface area contributed by atoms with Gasteiger partial charge in [-0.15, -0.1) is 0 Å². The summed E-state index contributed by atoms with van der Waals surface area (Å²) in [5.74, 6) is 1.93. The number of para-hydroxylation sites is 6. The zero-order valence-electron chi connectivity index (χ0n) is 26.5. The van der Waals surface area contributed by atoms with Crippen LogP contribution in [0.2, 0.25) is 0 Å². The number of hydrogen-bond donors (Lipinski definition) is 6. The van der Waals surface area contributed by atoms with Crippen molar-refractivity contribution in [3.8, 4) is 34.5 Å². The van der Waals surface area contributed by atoms with E-state index in [4.69, 9.17) is 30.6 Å². The third kappa shape index (κ3) is 25.8. The van der Waals surface area contributed by atoms with Crippen LogP contribution in [0.5, 0.6) is 34.5 Å². The van der Waals surface area contributed by atoms with Crippen molar-refractivity contribution < 1.29 is 30.6 Å². The van der Waals surface area contributed by atoms with Gasteiger partial charge in [-0.3, -0.25) is 0 Å². The summed E-state index contributed by atoms with van der Waals surface area (Å²) >= 11 is 0. The van der Waals surface area contributed by atoms with Gasteiger partial charge in [0.25, 0.3) is 0 Å². The Morgan fingerprint density at radius 2 is 0.229 bits per heavy atom. The second-order valence-electron chi connectivity index (χ2n) is 9.17. The van der Waals surface area contributed by atoms with Crippen LogP contribution in [0.1, 0.15) is 0 Å². The Morgan fingerprint density at radius 1 is 0.146 bits per heavy atom. The maximum absolute atomic E-state index is 8.63. The normalized spacial score (nSPS) is 8.50. The molecule has 0 saturated heterocycles. The highest BCUT2D eigenvalue weighted by atomic mass is 16.3. The first kappa shape index (κ1) is 39.4. The predicted octanol–water partition coefficient (Wildman–Crippen LogP) is 10.0. The average Bonchev–Trinajstić information content (AvgIpc) is 3.13. The quantitative estimate of drug-likeness (QED) is 0.0979. The van der Waals surface area contributed by atoms with Crippen LogP contribution in [0.4, 0.5) is 0 Å². The fraction of sp³-hybridized carbons (Fsp3) is 0. The summed E-state index contributed by atoms with van der Waals surface area (Å²) in [5, 5.41) is 51.8. The lowest BCUT2D eigenvalue weighted by molar-refractivity contribution is 0.475. The third-order valence-corrected chi connectivity index (χ3v) is 5.20. The molecule has 0 aromatic heterocycles. The summed E-state index contributed by atoms with van der Waals surface area (Å²) in [4.78, 5) is 0. The Balaban J connectivity index is 0.000000280. The molecule has 48 heavy (non-hydrogen) atoms. The van der Waals surface area contributed by atoms with E-state index in [9.17, 15) is 0 Å². The molecular formula is C42H42O6. The van der Waals surface area contributed by atoms with Crippen molar-refractivity contribution in [2.24, 2.45) is 0 Å². The van der Waals surface area contributed by atoms with Gasteiger partial charge in [0.1, 0.15) is 34.5 Å². The monoisotopic (exact) mass is 642 g/mol. The predicted molar refractivity (Wildman–Crippen MR) is 195 cm³/mol. The molecular weight excluding hydrogens is 600 g/mol. The Morgan fingerprint density at radius 3 is 0.292 bits per heavy atom. The fourth-order valence-corrected chi connectivity index (χ4v) is 2.95. The molecule has 246 valence electrons. The van der Waals surface area contributed by atoms with Crippen LogP contribution >= 0.6 is 0 Å². The minimum absolute atomic E-state index is 0.322. The molecule has 0 fully saturated rings. The number of hydrogen-bond acceptors (Lipinski definition) is 6. The largest absolute Gasteiger partial charge is 0.508 e. The highest BCUT2D eigenvalue weighted by molar-refractivity contribution is 5.21. The van der Waals surface area contributed by atoms with Crippen molar-refractivity contribution >= 4 is 0 Å². The Labute approximate surface area is 283 Å². The highest BCUT2D eigenvalue weighted by Gasteiger charge is 1.78. The van der Waals surface area contributed by atoms with Gasteiger partial charge in [0, 0.05) is 0 Å². The van der Waals surface area contributed by atoms with E-state index in [-0.39, 0.29) is 0 Å². The molecule has 0 bridgehead atoms. The molecule has 7 aromatic rings. The molecule has 0 spiro atoms. The van der Waals surface area contributed by atoms with E-state index < -0.39 is 0 Å². The van der Waals surface area contributed by atoms with Crippen molar-refractivity contribution in [1.29, 1.82) is 0 Å². The van der Waals surface area contributed by atoms with Crippen molar-refractivity contribution in [3.63, 3.8) is 0 Å². The van der Waals surface area contributed by atoms with E-state index in [1.807, 2.05) is 72.8 Å². The first-order chi connectivity index (χ1) is 23.4. The molecule has 0 aliphatic carbocycles. The van der Waals surface area contributed by atoms with E-state index >= 15 is 0 Å². The maximum Gasteiger partial charge on any atom is 0.115 e. The molecule has 7 aromatic carbocycles. The number of aromatic hydroxyl groups is 6. The summed E-state index contributed by atoms with van der Waals surface area (Å²) in [6.45, 7) is 0. The van der Waals surface area contributed by atoms with Crippen LogP contribution in [-0.2, 0) is 0 Å². The molecule has 0 heterocycles. The van der Waals surface area contributed by atoms with Gasteiger partial charge in [-0.05, 0) is 72.8 Å². The van der Waals surface area contributed by atoms with Crippen molar-refractivity contribution in [3.05, 3.63) is 218 Å². The van der Waals surface area contributed by atoms with Gasteiger partial charge in [-0.1, -0.05) is 146 Å². The number of phenols is 6. The van der Waals surface area contributed by atoms with Gasteiger partial charge in [0.15, 0.2) is 0 Å². The third-order valence-electron chi connectivity index (χ3n) is 5.20. The molecule has 6 heteroatoms. The van der Waals surface area contributed by atoms with Gasteiger partial charge in [0.2, 0.25) is 0 Å². The van der Waals surface area contributed by atoms with E-state index in [0.717, 1.165) is 0 Å². The number of benzene rings is 7. The van der Waals surface area contributed by atoms with Gasteiger partial charge < -0.3 is 30.6 Å². The van der Waals surface area contributed by atoms with E-state index in [2.05, 4.69) is 0 Å². The van der Waals surface area contributed by atoms with Crippen molar-refractivity contribution in [2.45, 2.75) is 0 Å². The summed E-state index contributed by atoms with van der Waals surface area (Å²) in [5.41, 5.74) is 0. The topological polar surface area (TPSA) is 121 Å². The summed E-state index contributed by atoms with van der Waals surface area (Å²) in [6, 6.07) is 64.3. The van der Waals surface area contributed by atoms with E-state index in [0.29, 0.717) is 34.5 Å². The molecule has 0 saturated carbocycles. The van der Waals surface area contributed by atoms with Crippen molar-refractivity contribution in [1.82, 2.24) is 0 Å². The summed E-state index contributed by atoms with van der Waals surface area (Å²) in [7, 11) is 0. The molecule has 0 radical (unpaired) electrons. The van der Waals surface area contributed by atoms with Crippen LogP contribution in [0, 0.1) is 0 Å². The van der Waals surface area contributed by atoms with Gasteiger partial charge in [-0.25, -0.2) is 0 Å². The first-order valence-electron chi connectivity index (χ1n) is 14.8. The van der Waals surface area contributed by atoms with E-state index in [1.165, 1.54) is 0 Å². The van der Waals surface area contributed by atoms with Crippen molar-refractivity contribution in [2.75, 3.05) is 0 Å². The molecule has 7 rings (SSSR count). The standard InChI is InChI=1S/6C6H6O.C6H6/c6*7-6-4-2-1-3-5-6;1-2-4-6-5-3-1/h6*1-5,7H;1-6H. The molecule has 0 aliphatic heterocycles. The summed E-state index contributed by atoms with van der Waals surface area (Å²) < 4.78 is 0. The molecule has 0 atom stereocenters. The Bertz CT molecular complexity index is 1310. The smallest absolute Gasteiger partial charge is 0.115 e. The number of rotatable bonds is 0. The Kier molecular flexibility index (Phi) is 22.8. The first-order valence-corrected chi connectivity index (χ1v) is 14.8. The zero-order valence-corrected chi connectivity index (χ0v) is 26.5. The molecule has 6 nitrogen and oxygen atoms in total. The van der Waals surface area contributed by atoms with Crippen LogP contribution < -0.4 is 0 Å². The minimum atomic E-state index is 0.322. The summed E-state index contributed by atoms with van der Waals surface area (Å²) in [6.07, 6.45) is 0. The maximum atomic E-state index is 8.63. The second-order valence-corrected chi connectivity index (χ2v) is 9.17. The molecule has 6 N–H and O–H groups in total. The Hall–Kier alpha value is -6.66. The van der Waals surface area contributed by atoms with Gasteiger partial charge in [0.05, 0.1) is 0 Å². The second kappa shape index (κ2) is 27.9. The van der Waals surface area contributed by atoms with Gasteiger partial charge >= 0.3 is 0 Å². The zero-order chi connectivity index (χ0) is 34.9. The highest BCUT2D eigenvalue weighted by Crippen LogP contribution is 2.05.